The van der Waals surface area contributed by atoms with Crippen molar-refractivity contribution >= 4 is 17.5 Å². The van der Waals surface area contributed by atoms with Gasteiger partial charge in [0.15, 0.2) is 5.78 Å². The highest BCUT2D eigenvalue weighted by molar-refractivity contribution is 5.92. The van der Waals surface area contributed by atoms with E-state index in [4.69, 9.17) is 14.2 Å². The number of esters is 1. The highest BCUT2D eigenvalue weighted by Gasteiger charge is 2.86. The number of hydrogen-bond donors (Lipinski definition) is 2. The summed E-state index contributed by atoms with van der Waals surface area (Å²) in [5.74, 6) is -4.12. The number of aliphatic hydroxyl groups excluding tert-OH is 1. The first kappa shape index (κ1) is 25.3. The Bertz CT molecular complexity index is 930. The van der Waals surface area contributed by atoms with Crippen LogP contribution < -0.4 is 0 Å². The minimum atomic E-state index is -2.05. The van der Waals surface area contributed by atoms with Crippen LogP contribution in [0.3, 0.4) is 0 Å². The van der Waals surface area contributed by atoms with Gasteiger partial charge < -0.3 is 29.2 Å². The predicted octanol–water partition coefficient (Wildman–Crippen LogP) is 2.28. The molecule has 6 aliphatic rings. The second kappa shape index (κ2) is 8.07. The molecular formula is C27H40O8. The summed E-state index contributed by atoms with van der Waals surface area (Å²) < 4.78 is 17.8. The number of carbonyl (C=O) groups is 3. The fourth-order valence-corrected chi connectivity index (χ4v) is 9.68. The molecule has 0 radical (unpaired) electrons. The van der Waals surface area contributed by atoms with Crippen LogP contribution in [0.1, 0.15) is 66.7 Å². The van der Waals surface area contributed by atoms with E-state index in [9.17, 15) is 24.6 Å². The molecule has 2 N–H and O–H groups in total. The molecule has 35 heavy (non-hydrogen) atoms. The van der Waals surface area contributed by atoms with Crippen LogP contribution in [0.2, 0.25) is 0 Å². The van der Waals surface area contributed by atoms with Crippen molar-refractivity contribution in [3.63, 3.8) is 0 Å². The third-order valence-electron chi connectivity index (χ3n) is 10.4. The average molecular weight is 493 g/mol. The Morgan fingerprint density at radius 1 is 1.20 bits per heavy atom. The summed E-state index contributed by atoms with van der Waals surface area (Å²) >= 11 is 0. The number of hydrogen-bond acceptors (Lipinski definition) is 8. The molecule has 0 unspecified atom stereocenters. The van der Waals surface area contributed by atoms with Crippen LogP contribution in [0.5, 0.6) is 0 Å². The second-order valence-corrected chi connectivity index (χ2v) is 12.6. The minimum absolute atomic E-state index is 0.0298. The number of ether oxygens (including phenoxy) is 3. The Morgan fingerprint density at radius 2 is 1.91 bits per heavy atom. The van der Waals surface area contributed by atoms with E-state index in [0.717, 1.165) is 0 Å². The number of rotatable bonds is 6. The Labute approximate surface area is 207 Å². The van der Waals surface area contributed by atoms with Crippen LogP contribution >= 0.6 is 0 Å². The standard InChI is InChI=1S/C27H40O8/c1-6-33-12-18-17-10-16(9-14(2)28)20-25-13-34-27(32,26(20,11-17)22(18)30)23(31)21(25)24(4,5)8-7-19(25)35-15(3)29/h16-21,23,31-32H,6-13H2,1-5H3/t16-,17-,18-,19+,20+,21-,23+,25+,26+,27-/m1/s1. The van der Waals surface area contributed by atoms with Crippen molar-refractivity contribution in [1.29, 1.82) is 0 Å². The molecule has 0 amide bonds. The van der Waals surface area contributed by atoms with Gasteiger partial charge in [0.05, 0.1) is 18.6 Å². The zero-order chi connectivity index (χ0) is 25.6. The molecule has 0 aromatic heterocycles. The largest absolute Gasteiger partial charge is 0.462 e. The summed E-state index contributed by atoms with van der Waals surface area (Å²) in [6.07, 6.45) is 0.742. The number of carbonyl (C=O) groups excluding carboxylic acids is 3. The number of aliphatic hydroxyl groups is 2. The Hall–Kier alpha value is -1.35. The first-order valence-electron chi connectivity index (χ1n) is 13.2. The topological polar surface area (TPSA) is 119 Å². The van der Waals surface area contributed by atoms with E-state index < -0.39 is 52.5 Å². The van der Waals surface area contributed by atoms with E-state index in [2.05, 4.69) is 13.8 Å². The van der Waals surface area contributed by atoms with Gasteiger partial charge in [-0.05, 0) is 62.7 Å². The van der Waals surface area contributed by atoms with Crippen LogP contribution in [-0.2, 0) is 28.6 Å². The van der Waals surface area contributed by atoms with Crippen molar-refractivity contribution in [2.75, 3.05) is 19.8 Å². The van der Waals surface area contributed by atoms with Gasteiger partial charge in [-0.1, -0.05) is 13.8 Å². The lowest BCUT2D eigenvalue weighted by atomic mass is 9.34. The van der Waals surface area contributed by atoms with Crippen LogP contribution in [0, 0.1) is 45.8 Å². The fraction of sp³-hybridized carbons (Fsp3) is 0.889. The molecule has 196 valence electrons. The van der Waals surface area contributed by atoms with Gasteiger partial charge in [-0.3, -0.25) is 9.59 Å². The second-order valence-electron chi connectivity index (χ2n) is 12.6. The van der Waals surface area contributed by atoms with E-state index in [-0.39, 0.29) is 48.5 Å². The average Bonchev–Trinajstić information content (AvgIpc) is 2.97. The van der Waals surface area contributed by atoms with Gasteiger partial charge in [-0.25, -0.2) is 0 Å². The number of fused-ring (bicyclic) bond motifs is 2. The van der Waals surface area contributed by atoms with Crippen molar-refractivity contribution in [2.45, 2.75) is 84.7 Å². The first-order chi connectivity index (χ1) is 16.4. The molecule has 2 spiro atoms. The van der Waals surface area contributed by atoms with Gasteiger partial charge in [0.1, 0.15) is 18.0 Å². The monoisotopic (exact) mass is 492 g/mol. The summed E-state index contributed by atoms with van der Waals surface area (Å²) in [6, 6.07) is 0. The smallest absolute Gasteiger partial charge is 0.302 e. The minimum Gasteiger partial charge on any atom is -0.462 e. The van der Waals surface area contributed by atoms with Crippen LogP contribution in [0.4, 0.5) is 0 Å². The normalized spacial score (nSPS) is 49.3. The zero-order valence-corrected chi connectivity index (χ0v) is 21.5. The Balaban J connectivity index is 1.74. The maximum atomic E-state index is 14.4. The van der Waals surface area contributed by atoms with Crippen molar-refractivity contribution in [2.24, 2.45) is 45.8 Å². The van der Waals surface area contributed by atoms with E-state index in [1.165, 1.54) is 6.92 Å². The molecule has 2 heterocycles. The summed E-state index contributed by atoms with van der Waals surface area (Å²) in [5.41, 5.74) is -2.63. The van der Waals surface area contributed by atoms with Gasteiger partial charge in [0.2, 0.25) is 5.79 Å². The molecule has 6 fully saturated rings. The lowest BCUT2D eigenvalue weighted by molar-refractivity contribution is -0.453. The maximum Gasteiger partial charge on any atom is 0.302 e. The van der Waals surface area contributed by atoms with Crippen LogP contribution in [0.15, 0.2) is 0 Å². The molecule has 2 saturated heterocycles. The fourth-order valence-electron chi connectivity index (χ4n) is 9.68. The molecule has 4 saturated carbocycles. The Kier molecular flexibility index (Phi) is 5.84. The molecular weight excluding hydrogens is 452 g/mol. The molecule has 0 aromatic carbocycles. The van der Waals surface area contributed by atoms with Gasteiger partial charge in [-0.15, -0.1) is 0 Å². The van der Waals surface area contributed by atoms with Crippen LogP contribution in [0.25, 0.3) is 0 Å². The lowest BCUT2D eigenvalue weighted by Crippen LogP contribution is -2.84. The lowest BCUT2D eigenvalue weighted by Gasteiger charge is -2.75. The van der Waals surface area contributed by atoms with Gasteiger partial charge in [0.25, 0.3) is 0 Å². The highest BCUT2D eigenvalue weighted by atomic mass is 16.6. The SMILES string of the molecule is CCOC[C@H]1C(=O)[C@]23C[C@H]1C[C@@H](CC(C)=O)[C@H]2[C@@]12CO[C@]3(O)[C@@H](O)[C@@H]1C(C)(C)CC[C@@H]2OC(C)=O. The van der Waals surface area contributed by atoms with Crippen molar-refractivity contribution in [3.05, 3.63) is 0 Å². The summed E-state index contributed by atoms with van der Waals surface area (Å²) in [6.45, 7) is 9.78. The predicted molar refractivity (Wildman–Crippen MR) is 124 cm³/mol. The van der Waals surface area contributed by atoms with Crippen molar-refractivity contribution in [1.82, 2.24) is 0 Å². The summed E-state index contributed by atoms with van der Waals surface area (Å²) in [5, 5.41) is 24.1. The zero-order valence-electron chi connectivity index (χ0n) is 21.5. The van der Waals surface area contributed by atoms with E-state index in [1.807, 2.05) is 6.92 Å². The van der Waals surface area contributed by atoms with E-state index in [0.29, 0.717) is 32.3 Å². The molecule has 8 heteroatoms. The van der Waals surface area contributed by atoms with E-state index in [1.54, 1.807) is 6.92 Å². The van der Waals surface area contributed by atoms with Crippen molar-refractivity contribution in [3.8, 4) is 0 Å². The molecule has 10 atom stereocenters. The third-order valence-corrected chi connectivity index (χ3v) is 10.4. The molecule has 6 rings (SSSR count). The maximum absolute atomic E-state index is 14.4. The quantitative estimate of drug-likeness (QED) is 0.542. The first-order valence-corrected chi connectivity index (χ1v) is 13.2. The highest BCUT2D eigenvalue weighted by Crippen LogP contribution is 2.78. The molecule has 8 nitrogen and oxygen atoms in total. The van der Waals surface area contributed by atoms with Crippen molar-refractivity contribution < 1.29 is 38.8 Å². The molecule has 4 bridgehead atoms. The summed E-state index contributed by atoms with van der Waals surface area (Å²) in [7, 11) is 0. The van der Waals surface area contributed by atoms with E-state index >= 15 is 0 Å². The molecule has 2 aliphatic heterocycles. The van der Waals surface area contributed by atoms with Crippen LogP contribution in [-0.4, -0.2) is 65.6 Å². The Morgan fingerprint density at radius 3 is 2.54 bits per heavy atom. The van der Waals surface area contributed by atoms with Gasteiger partial charge in [-0.2, -0.15) is 0 Å². The molecule has 0 aromatic rings. The number of Topliss-reactive ketones (excluding diaryl/α,β-unsaturated/α-hetero) is 2. The summed E-state index contributed by atoms with van der Waals surface area (Å²) in [4.78, 5) is 39.1. The third kappa shape index (κ3) is 3.09. The molecule has 4 aliphatic carbocycles. The van der Waals surface area contributed by atoms with Gasteiger partial charge in [0, 0.05) is 37.2 Å². The van der Waals surface area contributed by atoms with Gasteiger partial charge >= 0.3 is 5.97 Å². The number of ketones is 2.